The lowest BCUT2D eigenvalue weighted by Gasteiger charge is -2.37. The summed E-state index contributed by atoms with van der Waals surface area (Å²) in [6.45, 7) is 8.40. The van der Waals surface area contributed by atoms with Crippen molar-refractivity contribution in [3.05, 3.63) is 41.1 Å². The van der Waals surface area contributed by atoms with Gasteiger partial charge in [-0.1, -0.05) is 69.9 Å². The van der Waals surface area contributed by atoms with Crippen molar-refractivity contribution >= 4 is 5.91 Å². The van der Waals surface area contributed by atoms with E-state index in [0.29, 0.717) is 26.1 Å². The minimum atomic E-state index is -0.299. The molecule has 1 rings (SSSR count). The Morgan fingerprint density at radius 2 is 1.57 bits per heavy atom. The SMILES string of the molecule is CCCCC(CCCC)(CC(=O)N(CC)CCC[N+](C)(C)[O-])c1ccccc1. The molecule has 0 saturated carbocycles. The maximum absolute atomic E-state index is 13.3. The van der Waals surface area contributed by atoms with Crippen LogP contribution in [0.5, 0.6) is 0 Å². The average Bonchev–Trinajstić information content (AvgIpc) is 2.67. The fraction of sp³-hybridized carbons (Fsp3) is 0.708. The topological polar surface area (TPSA) is 43.4 Å². The number of unbranched alkanes of at least 4 members (excludes halogenated alkanes) is 2. The standard InChI is InChI=1S/C24H42N2O2/c1-6-9-17-24(18-10-7-2,22-15-12-11-13-16-22)21-23(27)25(8-3)19-14-20-26(4,5)28/h11-13,15-16H,6-10,14,17-21H2,1-5H3. The van der Waals surface area contributed by atoms with E-state index < -0.39 is 0 Å². The minimum Gasteiger partial charge on any atom is -0.633 e. The third-order valence-electron chi connectivity index (χ3n) is 5.75. The second-order valence-corrected chi connectivity index (χ2v) is 8.65. The zero-order valence-electron chi connectivity index (χ0n) is 18.9. The van der Waals surface area contributed by atoms with Gasteiger partial charge in [0, 0.05) is 31.3 Å². The Morgan fingerprint density at radius 3 is 2.04 bits per heavy atom. The van der Waals surface area contributed by atoms with Crippen LogP contribution in [0.25, 0.3) is 0 Å². The summed E-state index contributed by atoms with van der Waals surface area (Å²) in [7, 11) is 3.32. The van der Waals surface area contributed by atoms with Gasteiger partial charge in [0.15, 0.2) is 0 Å². The number of hydrogen-bond acceptors (Lipinski definition) is 2. The van der Waals surface area contributed by atoms with Crippen molar-refractivity contribution in [2.45, 2.75) is 77.6 Å². The molecule has 160 valence electrons. The molecule has 0 aliphatic heterocycles. The van der Waals surface area contributed by atoms with Crippen molar-refractivity contribution in [1.82, 2.24) is 4.90 Å². The number of hydroxylamine groups is 3. The Morgan fingerprint density at radius 1 is 1.00 bits per heavy atom. The lowest BCUT2D eigenvalue weighted by atomic mass is 9.70. The molecule has 0 N–H and O–H groups in total. The Kier molecular flexibility index (Phi) is 10.8. The lowest BCUT2D eigenvalue weighted by Crippen LogP contribution is -2.40. The number of nitrogens with zero attached hydrogens (tertiary/aromatic N) is 2. The molecule has 0 aromatic heterocycles. The number of rotatable bonds is 14. The van der Waals surface area contributed by atoms with Crippen LogP contribution in [0, 0.1) is 5.21 Å². The van der Waals surface area contributed by atoms with Crippen molar-refractivity contribution in [3.8, 4) is 0 Å². The molecule has 1 aromatic rings. The van der Waals surface area contributed by atoms with E-state index in [2.05, 4.69) is 44.2 Å². The molecule has 0 fully saturated rings. The maximum atomic E-state index is 13.3. The van der Waals surface area contributed by atoms with Crippen LogP contribution in [0.15, 0.2) is 30.3 Å². The van der Waals surface area contributed by atoms with E-state index in [-0.39, 0.29) is 16.0 Å². The first-order valence-corrected chi connectivity index (χ1v) is 11.1. The van der Waals surface area contributed by atoms with Gasteiger partial charge in [0.1, 0.15) is 0 Å². The number of hydrogen-bond donors (Lipinski definition) is 0. The van der Waals surface area contributed by atoms with Crippen LogP contribution in [-0.2, 0) is 10.2 Å². The zero-order valence-corrected chi connectivity index (χ0v) is 18.9. The normalized spacial score (nSPS) is 12.2. The van der Waals surface area contributed by atoms with E-state index in [0.717, 1.165) is 44.9 Å². The minimum absolute atomic E-state index is 0.0777. The number of carbonyl (C=O) groups excluding carboxylic acids is 1. The second-order valence-electron chi connectivity index (χ2n) is 8.65. The fourth-order valence-electron chi connectivity index (χ4n) is 4.02. The largest absolute Gasteiger partial charge is 0.633 e. The Balaban J connectivity index is 3.00. The van der Waals surface area contributed by atoms with Crippen molar-refractivity contribution in [2.75, 3.05) is 33.7 Å². The van der Waals surface area contributed by atoms with Crippen LogP contribution in [0.2, 0.25) is 0 Å². The van der Waals surface area contributed by atoms with Gasteiger partial charge in [0.25, 0.3) is 0 Å². The van der Waals surface area contributed by atoms with Crippen molar-refractivity contribution in [1.29, 1.82) is 0 Å². The number of benzene rings is 1. The first-order valence-electron chi connectivity index (χ1n) is 11.1. The molecule has 1 aromatic carbocycles. The van der Waals surface area contributed by atoms with Gasteiger partial charge < -0.3 is 14.8 Å². The van der Waals surface area contributed by atoms with E-state index in [4.69, 9.17) is 0 Å². The molecule has 0 saturated heterocycles. The van der Waals surface area contributed by atoms with Crippen molar-refractivity contribution < 1.29 is 9.44 Å². The van der Waals surface area contributed by atoms with Gasteiger partial charge in [-0.15, -0.1) is 0 Å². The summed E-state index contributed by atoms with van der Waals surface area (Å²) in [5.41, 5.74) is 1.23. The first kappa shape index (κ1) is 24.6. The summed E-state index contributed by atoms with van der Waals surface area (Å²) >= 11 is 0. The Labute approximate surface area is 173 Å². The van der Waals surface area contributed by atoms with E-state index in [1.54, 1.807) is 14.1 Å². The third kappa shape index (κ3) is 8.32. The highest BCUT2D eigenvalue weighted by molar-refractivity contribution is 5.78. The van der Waals surface area contributed by atoms with Crippen LogP contribution in [0.3, 0.4) is 0 Å². The predicted molar refractivity (Wildman–Crippen MR) is 119 cm³/mol. The van der Waals surface area contributed by atoms with E-state index >= 15 is 0 Å². The van der Waals surface area contributed by atoms with Gasteiger partial charge in [-0.2, -0.15) is 0 Å². The highest BCUT2D eigenvalue weighted by atomic mass is 16.5. The molecule has 0 unspecified atom stereocenters. The summed E-state index contributed by atoms with van der Waals surface area (Å²) in [4.78, 5) is 15.2. The molecule has 1 amide bonds. The third-order valence-corrected chi connectivity index (χ3v) is 5.75. The van der Waals surface area contributed by atoms with E-state index in [1.165, 1.54) is 5.56 Å². The first-order chi connectivity index (χ1) is 13.3. The van der Waals surface area contributed by atoms with Gasteiger partial charge >= 0.3 is 0 Å². The van der Waals surface area contributed by atoms with Crippen LogP contribution in [-0.4, -0.2) is 49.2 Å². The van der Waals surface area contributed by atoms with Crippen LogP contribution < -0.4 is 0 Å². The quantitative estimate of drug-likeness (QED) is 0.311. The van der Waals surface area contributed by atoms with Crippen molar-refractivity contribution in [3.63, 3.8) is 0 Å². The predicted octanol–water partition coefficient (Wildman–Crippen LogP) is 5.51. The average molecular weight is 391 g/mol. The molecular weight excluding hydrogens is 348 g/mol. The monoisotopic (exact) mass is 390 g/mol. The molecule has 28 heavy (non-hydrogen) atoms. The van der Waals surface area contributed by atoms with Crippen LogP contribution in [0.4, 0.5) is 0 Å². The molecule has 4 nitrogen and oxygen atoms in total. The molecular formula is C24H42N2O2. The molecule has 0 bridgehead atoms. The van der Waals surface area contributed by atoms with Crippen LogP contribution >= 0.6 is 0 Å². The highest BCUT2D eigenvalue weighted by Crippen LogP contribution is 2.39. The Hall–Kier alpha value is -1.39. The zero-order chi connectivity index (χ0) is 21.0. The van der Waals surface area contributed by atoms with Gasteiger partial charge in [0.2, 0.25) is 5.91 Å². The van der Waals surface area contributed by atoms with E-state index in [1.807, 2.05) is 11.8 Å². The summed E-state index contributed by atoms with van der Waals surface area (Å²) in [6.07, 6.45) is 7.99. The number of amides is 1. The van der Waals surface area contributed by atoms with Gasteiger partial charge in [-0.05, 0) is 25.3 Å². The maximum Gasteiger partial charge on any atom is 0.223 e. The highest BCUT2D eigenvalue weighted by Gasteiger charge is 2.34. The summed E-state index contributed by atoms with van der Waals surface area (Å²) in [5.74, 6) is 0.231. The summed E-state index contributed by atoms with van der Waals surface area (Å²) in [5, 5.41) is 11.8. The number of carbonyl (C=O) groups is 1. The summed E-state index contributed by atoms with van der Waals surface area (Å²) < 4.78 is -0.299. The van der Waals surface area contributed by atoms with Gasteiger partial charge in [-0.3, -0.25) is 4.79 Å². The van der Waals surface area contributed by atoms with Gasteiger partial charge in [-0.25, -0.2) is 0 Å². The fourth-order valence-corrected chi connectivity index (χ4v) is 4.02. The molecule has 0 spiro atoms. The van der Waals surface area contributed by atoms with E-state index in [9.17, 15) is 10.0 Å². The van der Waals surface area contributed by atoms with Crippen LogP contribution in [0.1, 0.15) is 77.7 Å². The molecule has 0 aliphatic rings. The molecule has 0 heterocycles. The summed E-state index contributed by atoms with van der Waals surface area (Å²) in [6, 6.07) is 10.6. The lowest BCUT2D eigenvalue weighted by molar-refractivity contribution is -0.840. The second kappa shape index (κ2) is 12.2. The Bertz CT molecular complexity index is 543. The number of quaternary nitrogens is 1. The molecule has 0 radical (unpaired) electrons. The smallest absolute Gasteiger partial charge is 0.223 e. The van der Waals surface area contributed by atoms with Gasteiger partial charge in [0.05, 0.1) is 20.6 Å². The van der Waals surface area contributed by atoms with Crippen molar-refractivity contribution in [2.24, 2.45) is 0 Å². The molecule has 0 atom stereocenters. The molecule has 4 heteroatoms. The molecule has 0 aliphatic carbocycles.